The largest absolute Gasteiger partial charge is 0.506 e. The number of halogens is 2. The van der Waals surface area contributed by atoms with Crippen LogP contribution in [0.1, 0.15) is 36.8 Å². The number of hydrogen-bond donors (Lipinski definition) is 2. The number of unbranched alkanes of at least 4 members (excludes halogenated alkanes) is 3. The van der Waals surface area contributed by atoms with E-state index in [0.717, 1.165) is 37.8 Å². The topological polar surface area (TPSA) is 53.2 Å². The van der Waals surface area contributed by atoms with Crippen LogP contribution in [0.5, 0.6) is 5.75 Å². The molecule has 1 aromatic carbocycles. The number of pyridine rings is 1. The molecular formula is C20H22BCl2N2O2+. The Hall–Kier alpha value is -1.98. The maximum atomic E-state index is 10.6. The van der Waals surface area contributed by atoms with Crippen molar-refractivity contribution >= 4 is 49.0 Å². The Morgan fingerprint density at radius 1 is 1.11 bits per heavy atom. The van der Waals surface area contributed by atoms with E-state index in [1.165, 1.54) is 6.07 Å². The van der Waals surface area contributed by atoms with Crippen LogP contribution in [-0.4, -0.2) is 25.3 Å². The third-order valence-corrected chi connectivity index (χ3v) is 4.58. The second-order valence-corrected chi connectivity index (χ2v) is 7.08. The molecule has 1 heterocycles. The van der Waals surface area contributed by atoms with Crippen LogP contribution in [0.25, 0.3) is 12.2 Å². The van der Waals surface area contributed by atoms with Crippen LogP contribution in [0.3, 0.4) is 0 Å². The molecule has 0 aliphatic heterocycles. The highest BCUT2D eigenvalue weighted by atomic mass is 35.5. The lowest BCUT2D eigenvalue weighted by atomic mass is 10.1. The monoisotopic (exact) mass is 403 g/mol. The number of aromatic nitrogens is 1. The van der Waals surface area contributed by atoms with E-state index in [1.807, 2.05) is 30.6 Å². The number of phenolic OH excluding ortho intramolecular Hbond substituents is 1. The minimum Gasteiger partial charge on any atom is -0.506 e. The number of benzene rings is 1. The van der Waals surface area contributed by atoms with E-state index in [-0.39, 0.29) is 10.8 Å². The molecule has 1 amide bonds. The van der Waals surface area contributed by atoms with Gasteiger partial charge in [-0.2, -0.15) is 0 Å². The van der Waals surface area contributed by atoms with E-state index in [0.29, 0.717) is 17.1 Å². The Kier molecular flexibility index (Phi) is 8.69. The molecule has 2 rings (SSSR count). The molecule has 1 aromatic heterocycles. The molecule has 0 saturated heterocycles. The average molecular weight is 404 g/mol. The molecule has 0 bridgehead atoms. The zero-order valence-corrected chi connectivity index (χ0v) is 16.5. The van der Waals surface area contributed by atoms with Gasteiger partial charge in [0.25, 0.3) is 0 Å². The van der Waals surface area contributed by atoms with Crippen LogP contribution in [0, 0.1) is 0 Å². The molecule has 0 fully saturated rings. The number of aromatic hydroxyl groups is 1. The zero-order chi connectivity index (χ0) is 19.6. The van der Waals surface area contributed by atoms with Gasteiger partial charge in [0.2, 0.25) is 0 Å². The number of hydrogen-bond acceptors (Lipinski definition) is 2. The van der Waals surface area contributed by atoms with Gasteiger partial charge < -0.3 is 10.4 Å². The minimum atomic E-state index is -0.464. The lowest BCUT2D eigenvalue weighted by Crippen LogP contribution is -2.32. The number of aryl methyl sites for hydroxylation is 1. The first-order valence-corrected chi connectivity index (χ1v) is 9.60. The van der Waals surface area contributed by atoms with Crippen LogP contribution in [0.15, 0.2) is 36.7 Å². The number of carbonyl (C=O) groups is 1. The first kappa shape index (κ1) is 21.3. The molecule has 0 atom stereocenters. The number of rotatable bonds is 9. The molecular weight excluding hydrogens is 382 g/mol. The summed E-state index contributed by atoms with van der Waals surface area (Å²) in [5, 5.41) is 13.3. The number of nitrogens with one attached hydrogen (secondary N) is 1. The van der Waals surface area contributed by atoms with Crippen molar-refractivity contribution in [1.82, 2.24) is 5.32 Å². The lowest BCUT2D eigenvalue weighted by Gasteiger charge is -2.03. The lowest BCUT2D eigenvalue weighted by molar-refractivity contribution is -0.697. The Labute approximate surface area is 171 Å². The summed E-state index contributed by atoms with van der Waals surface area (Å²) in [6, 6.07) is 7.20. The Bertz CT molecular complexity index is 795. The predicted octanol–water partition coefficient (Wildman–Crippen LogP) is 4.60. The van der Waals surface area contributed by atoms with E-state index in [4.69, 9.17) is 31.0 Å². The maximum Gasteiger partial charge on any atom is 0.200 e. The van der Waals surface area contributed by atoms with E-state index in [1.54, 1.807) is 12.1 Å². The van der Waals surface area contributed by atoms with Gasteiger partial charge >= 0.3 is 0 Å². The molecule has 7 heteroatoms. The van der Waals surface area contributed by atoms with Gasteiger partial charge in [0.05, 0.1) is 5.02 Å². The van der Waals surface area contributed by atoms with Crippen molar-refractivity contribution in [3.05, 3.63) is 57.8 Å². The Balaban J connectivity index is 1.79. The fourth-order valence-electron chi connectivity index (χ4n) is 2.61. The molecule has 0 aliphatic carbocycles. The smallest absolute Gasteiger partial charge is 0.200 e. The number of phenols is 1. The first-order chi connectivity index (χ1) is 13.0. The van der Waals surface area contributed by atoms with Crippen LogP contribution in [0.4, 0.5) is 4.79 Å². The molecule has 0 saturated carbocycles. The van der Waals surface area contributed by atoms with Gasteiger partial charge in [-0.1, -0.05) is 41.8 Å². The fourth-order valence-corrected chi connectivity index (χ4v) is 3.12. The summed E-state index contributed by atoms with van der Waals surface area (Å²) in [4.78, 5) is 10.6. The Morgan fingerprint density at radius 2 is 1.81 bits per heavy atom. The summed E-state index contributed by atoms with van der Waals surface area (Å²) in [6.07, 6.45) is 11.9. The minimum absolute atomic E-state index is 0.0225. The molecule has 0 aliphatic rings. The molecule has 27 heavy (non-hydrogen) atoms. The van der Waals surface area contributed by atoms with Gasteiger partial charge in [-0.25, -0.2) is 4.57 Å². The van der Waals surface area contributed by atoms with Crippen LogP contribution < -0.4 is 9.88 Å². The van der Waals surface area contributed by atoms with Crippen molar-refractivity contribution in [1.29, 1.82) is 0 Å². The highest BCUT2D eigenvalue weighted by Crippen LogP contribution is 2.32. The highest BCUT2D eigenvalue weighted by Gasteiger charge is 2.05. The number of amides is 1. The number of nitrogens with zero attached hydrogens (tertiary/aromatic N) is 1. The summed E-state index contributed by atoms with van der Waals surface area (Å²) in [7, 11) is 5.01. The highest BCUT2D eigenvalue weighted by molar-refractivity contribution is 6.57. The fraction of sp³-hybridized carbons (Fsp3) is 0.300. The van der Waals surface area contributed by atoms with Gasteiger partial charge in [0, 0.05) is 35.7 Å². The van der Waals surface area contributed by atoms with E-state index in [9.17, 15) is 9.90 Å². The molecule has 4 nitrogen and oxygen atoms in total. The first-order valence-electron chi connectivity index (χ1n) is 8.84. The summed E-state index contributed by atoms with van der Waals surface area (Å²) < 4.78 is 2.13. The predicted molar refractivity (Wildman–Crippen MR) is 111 cm³/mol. The van der Waals surface area contributed by atoms with Gasteiger partial charge in [-0.15, -0.1) is 0 Å². The van der Waals surface area contributed by atoms with E-state index in [2.05, 4.69) is 9.88 Å². The van der Waals surface area contributed by atoms with Crippen molar-refractivity contribution in [2.75, 3.05) is 6.54 Å². The maximum absolute atomic E-state index is 10.6. The normalized spacial score (nSPS) is 11.0. The van der Waals surface area contributed by atoms with Crippen molar-refractivity contribution in [3.8, 4) is 5.75 Å². The van der Waals surface area contributed by atoms with Crippen molar-refractivity contribution in [2.45, 2.75) is 32.2 Å². The summed E-state index contributed by atoms with van der Waals surface area (Å²) in [6.45, 7) is 1.58. The second-order valence-electron chi connectivity index (χ2n) is 6.23. The van der Waals surface area contributed by atoms with Crippen molar-refractivity contribution < 1.29 is 14.5 Å². The molecule has 0 unspecified atom stereocenters. The SMILES string of the molecule is [B]C(=O)NCCCCCC[n+]1ccc(C=Cc2cc(Cl)cc(Cl)c2O)cc1. The Morgan fingerprint density at radius 3 is 2.52 bits per heavy atom. The number of carbonyl (C=O) groups excluding carboxylic acids is 1. The van der Waals surface area contributed by atoms with Gasteiger partial charge in [0.15, 0.2) is 26.0 Å². The quantitative estimate of drug-likeness (QED) is 0.365. The molecule has 2 aromatic rings. The van der Waals surface area contributed by atoms with E-state index >= 15 is 0 Å². The van der Waals surface area contributed by atoms with Crippen LogP contribution in [0.2, 0.25) is 10.0 Å². The van der Waals surface area contributed by atoms with Gasteiger partial charge in [-0.05, 0) is 30.5 Å². The summed E-state index contributed by atoms with van der Waals surface area (Å²) in [5.41, 5.74) is 1.59. The van der Waals surface area contributed by atoms with Gasteiger partial charge in [0.1, 0.15) is 12.3 Å². The third kappa shape index (κ3) is 7.65. The summed E-state index contributed by atoms with van der Waals surface area (Å²) in [5.74, 6) is -0.442. The standard InChI is InChI=1S/C20H21BCl2N2O2/c21-20(27)24-9-3-1-2-4-10-25-11-7-15(8-12-25)5-6-16-13-17(22)14-18(23)19(16)26/h5-8,11-14H,1-4,9-10H2,(H,24,27)/p+1. The van der Waals surface area contributed by atoms with Crippen LogP contribution >= 0.6 is 23.2 Å². The molecule has 2 radical (unpaired) electrons. The van der Waals surface area contributed by atoms with Crippen LogP contribution in [-0.2, 0) is 6.54 Å². The third-order valence-electron chi connectivity index (χ3n) is 4.07. The van der Waals surface area contributed by atoms with Crippen molar-refractivity contribution in [2.24, 2.45) is 0 Å². The molecule has 140 valence electrons. The molecule has 0 spiro atoms. The van der Waals surface area contributed by atoms with E-state index < -0.39 is 5.81 Å². The average Bonchev–Trinajstić information content (AvgIpc) is 2.63. The molecule has 2 N–H and O–H groups in total. The van der Waals surface area contributed by atoms with Crippen molar-refractivity contribution in [3.63, 3.8) is 0 Å². The zero-order valence-electron chi connectivity index (χ0n) is 15.0. The van der Waals surface area contributed by atoms with Gasteiger partial charge in [-0.3, -0.25) is 4.79 Å². The summed E-state index contributed by atoms with van der Waals surface area (Å²) >= 11 is 11.9. The second kappa shape index (κ2) is 11.0.